The van der Waals surface area contributed by atoms with Gasteiger partial charge in [-0.05, 0) is 155 Å². The van der Waals surface area contributed by atoms with Gasteiger partial charge in [0.15, 0.2) is 0 Å². The van der Waals surface area contributed by atoms with E-state index in [4.69, 9.17) is 28.4 Å². The van der Waals surface area contributed by atoms with Crippen molar-refractivity contribution in [1.29, 1.82) is 0 Å². The van der Waals surface area contributed by atoms with Gasteiger partial charge < -0.3 is 28.4 Å². The maximum Gasteiger partial charge on any atom is 0.306 e. The fourth-order valence-corrected chi connectivity index (χ4v) is 8.43. The molecule has 0 bridgehead atoms. The molecule has 0 aromatic rings. The monoisotopic (exact) mass is 881 g/mol. The third kappa shape index (κ3) is 24.7. The van der Waals surface area contributed by atoms with E-state index in [2.05, 4.69) is 93.3 Å². The molecular formula is C46H88O9S3. The van der Waals surface area contributed by atoms with E-state index in [-0.39, 0.29) is 35.3 Å². The number of hydrogen-bond acceptors (Lipinski definition) is 12. The first kappa shape index (κ1) is 57.3. The lowest BCUT2D eigenvalue weighted by atomic mass is 9.64. The molecule has 0 aromatic carbocycles. The summed E-state index contributed by atoms with van der Waals surface area (Å²) in [4.78, 5) is 37.3. The highest BCUT2D eigenvalue weighted by Crippen LogP contribution is 2.48. The van der Waals surface area contributed by atoms with Crippen molar-refractivity contribution in [2.75, 3.05) is 37.1 Å². The van der Waals surface area contributed by atoms with Gasteiger partial charge in [0, 0.05) is 38.7 Å². The minimum absolute atomic E-state index is 0.168. The summed E-state index contributed by atoms with van der Waals surface area (Å²) in [6, 6.07) is 0. The number of rotatable bonds is 35. The van der Waals surface area contributed by atoms with Gasteiger partial charge in [-0.15, -0.1) is 0 Å². The Morgan fingerprint density at radius 3 is 1.47 bits per heavy atom. The molecular weight excluding hydrogens is 793 g/mol. The fourth-order valence-electron chi connectivity index (χ4n) is 7.95. The van der Waals surface area contributed by atoms with Gasteiger partial charge in [-0.1, -0.05) is 34.1 Å². The summed E-state index contributed by atoms with van der Waals surface area (Å²) in [6.45, 7) is 28.8. The topological polar surface area (TPSA) is 107 Å². The molecule has 5 atom stereocenters. The van der Waals surface area contributed by atoms with Crippen molar-refractivity contribution >= 4 is 55.8 Å². The van der Waals surface area contributed by atoms with Crippen LogP contribution in [0.5, 0.6) is 0 Å². The van der Waals surface area contributed by atoms with E-state index in [0.717, 1.165) is 44.9 Å². The second-order valence-electron chi connectivity index (χ2n) is 18.9. The molecule has 0 aliphatic rings. The van der Waals surface area contributed by atoms with Gasteiger partial charge in [0.1, 0.15) is 17.3 Å². The van der Waals surface area contributed by atoms with Gasteiger partial charge >= 0.3 is 17.9 Å². The Bertz CT molecular complexity index is 1170. The average molecular weight is 881 g/mol. The average Bonchev–Trinajstić information content (AvgIpc) is 3.12. The van der Waals surface area contributed by atoms with Crippen molar-refractivity contribution < 1.29 is 42.8 Å². The van der Waals surface area contributed by atoms with E-state index in [0.29, 0.717) is 94.9 Å². The second kappa shape index (κ2) is 28.1. The van der Waals surface area contributed by atoms with E-state index in [1.807, 2.05) is 34.6 Å². The number of carbonyl (C=O) groups excluding carboxylic acids is 3. The van der Waals surface area contributed by atoms with Crippen LogP contribution in [0.25, 0.3) is 0 Å². The zero-order chi connectivity index (χ0) is 44.7. The highest BCUT2D eigenvalue weighted by molar-refractivity contribution is 7.80. The molecule has 0 aromatic heterocycles. The molecule has 58 heavy (non-hydrogen) atoms. The van der Waals surface area contributed by atoms with E-state index in [1.54, 1.807) is 0 Å². The lowest BCUT2D eigenvalue weighted by Crippen LogP contribution is -2.46. The third-order valence-corrected chi connectivity index (χ3v) is 12.7. The van der Waals surface area contributed by atoms with Gasteiger partial charge in [-0.2, -0.15) is 37.9 Å². The number of carbonyl (C=O) groups is 3. The Morgan fingerprint density at radius 1 is 0.534 bits per heavy atom. The van der Waals surface area contributed by atoms with Crippen LogP contribution in [0.4, 0.5) is 0 Å². The first-order valence-electron chi connectivity index (χ1n) is 22.3. The van der Waals surface area contributed by atoms with Crippen LogP contribution in [0.15, 0.2) is 0 Å². The number of thiol groups is 3. The molecule has 0 rings (SSSR count). The highest BCUT2D eigenvalue weighted by atomic mass is 32.1. The smallest absolute Gasteiger partial charge is 0.306 e. The van der Waals surface area contributed by atoms with Crippen LogP contribution in [0.1, 0.15) is 193 Å². The van der Waals surface area contributed by atoms with Gasteiger partial charge in [0.2, 0.25) is 0 Å². The first-order valence-corrected chi connectivity index (χ1v) is 24.2. The van der Waals surface area contributed by atoms with Crippen molar-refractivity contribution in [3.8, 4) is 0 Å². The normalized spacial score (nSPS) is 16.8. The van der Waals surface area contributed by atoms with Gasteiger partial charge in [-0.3, -0.25) is 14.4 Å². The largest absolute Gasteiger partial charge is 0.462 e. The molecule has 0 aliphatic heterocycles. The Hall–Kier alpha value is -0.660. The minimum Gasteiger partial charge on any atom is -0.462 e. The zero-order valence-corrected chi connectivity index (χ0v) is 41.9. The summed E-state index contributed by atoms with van der Waals surface area (Å²) in [7, 11) is 0. The fraction of sp³-hybridized carbons (Fsp3) is 0.935. The molecule has 0 amide bonds. The van der Waals surface area contributed by atoms with Gasteiger partial charge in [-0.25, -0.2) is 0 Å². The molecule has 0 spiro atoms. The van der Waals surface area contributed by atoms with Crippen molar-refractivity contribution in [3.05, 3.63) is 0 Å². The molecule has 0 fully saturated rings. The lowest BCUT2D eigenvalue weighted by Gasteiger charge is -2.48. The van der Waals surface area contributed by atoms with Crippen molar-refractivity contribution in [1.82, 2.24) is 0 Å². The molecule has 0 aliphatic carbocycles. The quantitative estimate of drug-likeness (QED) is 0.0326. The van der Waals surface area contributed by atoms with E-state index < -0.39 is 28.0 Å². The Balaban J connectivity index is 6.24. The van der Waals surface area contributed by atoms with Gasteiger partial charge in [0.25, 0.3) is 0 Å². The zero-order valence-electron chi connectivity index (χ0n) is 39.2. The molecule has 5 unspecified atom stereocenters. The molecule has 344 valence electrons. The molecule has 12 heteroatoms. The van der Waals surface area contributed by atoms with E-state index in [9.17, 15) is 14.4 Å². The molecule has 0 saturated carbocycles. The van der Waals surface area contributed by atoms with Crippen molar-refractivity contribution in [3.63, 3.8) is 0 Å². The van der Waals surface area contributed by atoms with Crippen LogP contribution in [-0.4, -0.2) is 89.1 Å². The van der Waals surface area contributed by atoms with E-state index >= 15 is 0 Å². The van der Waals surface area contributed by atoms with E-state index in [1.165, 1.54) is 0 Å². The Labute approximate surface area is 372 Å². The third-order valence-electron chi connectivity index (χ3n) is 11.7. The Kier molecular flexibility index (Phi) is 27.8. The maximum absolute atomic E-state index is 12.5. The number of esters is 3. The molecule has 0 N–H and O–H groups in total. The minimum atomic E-state index is -0.650. The lowest BCUT2D eigenvalue weighted by molar-refractivity contribution is -0.163. The van der Waals surface area contributed by atoms with Crippen LogP contribution in [0.3, 0.4) is 0 Å². The Morgan fingerprint density at radius 2 is 1.00 bits per heavy atom. The van der Waals surface area contributed by atoms with Crippen LogP contribution in [-0.2, 0) is 42.8 Å². The standard InChI is InChI=1S/C46H88O9S3/c1-14-37(36(5)53-38(47)21-18-30-56)24-27-50-42(8,9)33-46(17-4,34-43(10,11)51-29-26-44(12,15-2)55-40(49)23-20-32-58)35-45(13,16-3)52-28-25-41(6,7)54-39(48)22-19-31-57/h36-37,56-58H,14-35H2,1-13H3. The molecule has 0 radical (unpaired) electrons. The number of hydrogen-bond donors (Lipinski definition) is 3. The van der Waals surface area contributed by atoms with Crippen LogP contribution in [0, 0.1) is 11.3 Å². The van der Waals surface area contributed by atoms with Crippen molar-refractivity contribution in [2.45, 2.75) is 227 Å². The summed E-state index contributed by atoms with van der Waals surface area (Å²) in [5, 5.41) is 0. The summed E-state index contributed by atoms with van der Waals surface area (Å²) in [5.74, 6) is 1.58. The molecule has 0 heterocycles. The van der Waals surface area contributed by atoms with Crippen LogP contribution in [0.2, 0.25) is 0 Å². The number of ether oxygens (including phenoxy) is 6. The van der Waals surface area contributed by atoms with Crippen LogP contribution < -0.4 is 0 Å². The summed E-state index contributed by atoms with van der Waals surface area (Å²) in [6.07, 6.45) is 10.6. The SMILES string of the molecule is CCC(CCOC(C)(C)CC(CC)(CC(C)(C)OCCC(C)(CC)OC(=O)CCCS)CC(C)(CC)OCCC(C)(C)OC(=O)CCCS)C(C)OC(=O)CCCS. The predicted octanol–water partition coefficient (Wildman–Crippen LogP) is 11.6. The summed E-state index contributed by atoms with van der Waals surface area (Å²) in [5.41, 5.74) is -2.94. The van der Waals surface area contributed by atoms with Crippen LogP contribution >= 0.6 is 37.9 Å². The van der Waals surface area contributed by atoms with Gasteiger partial charge in [0.05, 0.1) is 30.0 Å². The predicted molar refractivity (Wildman–Crippen MR) is 249 cm³/mol. The molecule has 0 saturated heterocycles. The maximum atomic E-state index is 12.5. The summed E-state index contributed by atoms with van der Waals surface area (Å²) >= 11 is 12.7. The first-order chi connectivity index (χ1) is 26.9. The highest BCUT2D eigenvalue weighted by Gasteiger charge is 2.45. The second-order valence-corrected chi connectivity index (χ2v) is 20.2. The molecule has 9 nitrogen and oxygen atoms in total. The summed E-state index contributed by atoms with van der Waals surface area (Å²) < 4.78 is 37.8. The van der Waals surface area contributed by atoms with Crippen molar-refractivity contribution in [2.24, 2.45) is 11.3 Å².